The van der Waals surface area contributed by atoms with Crippen molar-refractivity contribution in [1.82, 2.24) is 0 Å². The van der Waals surface area contributed by atoms with E-state index in [1.54, 1.807) is 0 Å². The van der Waals surface area contributed by atoms with Crippen molar-refractivity contribution < 1.29 is 28.6 Å². The number of hydrogen-bond acceptors (Lipinski definition) is 6. The Morgan fingerprint density at radius 3 is 1.15 bits per heavy atom. The van der Waals surface area contributed by atoms with Crippen LogP contribution in [0.25, 0.3) is 0 Å². The molecule has 0 heterocycles. The van der Waals surface area contributed by atoms with Crippen molar-refractivity contribution in [3.05, 3.63) is 158 Å². The first-order valence-electron chi connectivity index (χ1n) is 26.6. The van der Waals surface area contributed by atoms with Gasteiger partial charge in [-0.1, -0.05) is 230 Å². The molecule has 0 N–H and O–H groups in total. The molecule has 378 valence electrons. The summed E-state index contributed by atoms with van der Waals surface area (Å²) in [7, 11) is 0. The van der Waals surface area contributed by atoms with Crippen molar-refractivity contribution in [1.29, 1.82) is 0 Å². The molecule has 6 nitrogen and oxygen atoms in total. The highest BCUT2D eigenvalue weighted by Crippen LogP contribution is 2.11. The van der Waals surface area contributed by atoms with Gasteiger partial charge in [-0.2, -0.15) is 0 Å². The zero-order chi connectivity index (χ0) is 49.3. The first-order valence-corrected chi connectivity index (χ1v) is 26.6. The van der Waals surface area contributed by atoms with Crippen molar-refractivity contribution in [2.75, 3.05) is 13.2 Å². The van der Waals surface area contributed by atoms with Gasteiger partial charge in [0.1, 0.15) is 13.2 Å². The summed E-state index contributed by atoms with van der Waals surface area (Å²) in [5.74, 6) is -1.11. The summed E-state index contributed by atoms with van der Waals surface area (Å²) in [5, 5.41) is 0. The summed E-state index contributed by atoms with van der Waals surface area (Å²) < 4.78 is 16.7. The Labute approximate surface area is 416 Å². The van der Waals surface area contributed by atoms with Gasteiger partial charge in [-0.15, -0.1) is 0 Å². The number of rotatable bonds is 45. The zero-order valence-corrected chi connectivity index (χ0v) is 43.0. The molecule has 0 rings (SSSR count). The second-order valence-electron chi connectivity index (χ2n) is 16.8. The van der Waals surface area contributed by atoms with Gasteiger partial charge in [0, 0.05) is 19.3 Å². The van der Waals surface area contributed by atoms with E-state index in [0.29, 0.717) is 19.3 Å². The number of ether oxygens (including phenoxy) is 3. The molecular formula is C62H94O6. The zero-order valence-electron chi connectivity index (χ0n) is 43.0. The van der Waals surface area contributed by atoms with E-state index in [0.717, 1.165) is 89.9 Å². The standard InChI is InChI=1S/C62H94O6/c1-4-7-10-13-16-19-22-25-28-30-31-32-35-37-40-43-46-49-52-55-61(64)67-58-59(57-66-60(63)54-51-48-45-42-39-36-33-27-24-21-18-15-12-9-6-3)68-62(65)56-53-50-47-44-41-38-34-29-26-23-20-17-14-11-8-5-2/h7,9-10,12,15-16,18-19,21,24-25,27-29,31-34,36-41,46,49,59H,4-6,8,11,13-14,17,20,22-23,26,30,35,42-45,47-48,50-58H2,1-3H3/b10-7-,12-9-,18-15-,19-16-,24-21-,28-25-,32-31-,33-27-,34-29-,39-36-,40-37-,41-38-,49-46-. The first kappa shape index (κ1) is 63.0. The number of carbonyl (C=O) groups excluding carboxylic acids is 3. The van der Waals surface area contributed by atoms with Crippen LogP contribution in [0.5, 0.6) is 0 Å². The molecule has 68 heavy (non-hydrogen) atoms. The topological polar surface area (TPSA) is 78.9 Å². The van der Waals surface area contributed by atoms with E-state index in [2.05, 4.69) is 118 Å². The van der Waals surface area contributed by atoms with Gasteiger partial charge in [0.25, 0.3) is 0 Å². The molecule has 0 aliphatic heterocycles. The van der Waals surface area contributed by atoms with E-state index in [4.69, 9.17) is 14.2 Å². The predicted octanol–water partition coefficient (Wildman–Crippen LogP) is 17.8. The molecule has 0 radical (unpaired) electrons. The Balaban J connectivity index is 4.65. The van der Waals surface area contributed by atoms with Gasteiger partial charge in [-0.05, 0) is 103 Å². The average Bonchev–Trinajstić information content (AvgIpc) is 3.34. The van der Waals surface area contributed by atoms with Crippen molar-refractivity contribution in [3.8, 4) is 0 Å². The summed E-state index contributed by atoms with van der Waals surface area (Å²) in [6.45, 7) is 6.22. The van der Waals surface area contributed by atoms with Gasteiger partial charge in [0.15, 0.2) is 6.10 Å². The Kier molecular flexibility index (Phi) is 50.6. The Morgan fingerprint density at radius 1 is 0.324 bits per heavy atom. The summed E-state index contributed by atoms with van der Waals surface area (Å²) in [4.78, 5) is 38.0. The molecule has 0 saturated heterocycles. The smallest absolute Gasteiger partial charge is 0.306 e. The van der Waals surface area contributed by atoms with Crippen LogP contribution in [0.2, 0.25) is 0 Å². The monoisotopic (exact) mass is 935 g/mol. The maximum Gasteiger partial charge on any atom is 0.306 e. The lowest BCUT2D eigenvalue weighted by molar-refractivity contribution is -0.166. The lowest BCUT2D eigenvalue weighted by Crippen LogP contribution is -2.30. The van der Waals surface area contributed by atoms with Crippen LogP contribution in [0.3, 0.4) is 0 Å². The van der Waals surface area contributed by atoms with E-state index in [1.165, 1.54) is 44.9 Å². The largest absolute Gasteiger partial charge is 0.462 e. The van der Waals surface area contributed by atoms with Gasteiger partial charge in [0.2, 0.25) is 0 Å². The minimum Gasteiger partial charge on any atom is -0.462 e. The number of carbonyl (C=O) groups is 3. The number of allylic oxidation sites excluding steroid dienone is 26. The van der Waals surface area contributed by atoms with Crippen LogP contribution in [0.1, 0.15) is 194 Å². The molecule has 1 atom stereocenters. The highest BCUT2D eigenvalue weighted by molar-refractivity contribution is 5.71. The Bertz CT molecular complexity index is 1590. The van der Waals surface area contributed by atoms with Gasteiger partial charge >= 0.3 is 17.9 Å². The van der Waals surface area contributed by atoms with Crippen molar-refractivity contribution >= 4 is 17.9 Å². The summed E-state index contributed by atoms with van der Waals surface area (Å²) in [6, 6.07) is 0. The van der Waals surface area contributed by atoms with Crippen LogP contribution >= 0.6 is 0 Å². The Hall–Kier alpha value is -4.97. The van der Waals surface area contributed by atoms with E-state index in [1.807, 2.05) is 60.8 Å². The predicted molar refractivity (Wildman–Crippen MR) is 292 cm³/mol. The normalized spacial score (nSPS) is 13.4. The second-order valence-corrected chi connectivity index (χ2v) is 16.8. The minimum absolute atomic E-state index is 0.142. The second kappa shape index (κ2) is 54.6. The molecule has 0 fully saturated rings. The third-order valence-electron chi connectivity index (χ3n) is 10.4. The molecule has 1 unspecified atom stereocenters. The highest BCUT2D eigenvalue weighted by atomic mass is 16.6. The summed E-state index contributed by atoms with van der Waals surface area (Å²) in [5.41, 5.74) is 0. The van der Waals surface area contributed by atoms with Crippen molar-refractivity contribution in [2.24, 2.45) is 0 Å². The molecule has 0 aliphatic rings. The van der Waals surface area contributed by atoms with E-state index in [-0.39, 0.29) is 50.4 Å². The fourth-order valence-electron chi connectivity index (χ4n) is 6.48. The summed E-state index contributed by atoms with van der Waals surface area (Å²) in [6.07, 6.45) is 79.5. The summed E-state index contributed by atoms with van der Waals surface area (Å²) >= 11 is 0. The number of esters is 3. The molecule has 0 saturated carbocycles. The fourth-order valence-corrected chi connectivity index (χ4v) is 6.48. The van der Waals surface area contributed by atoms with Crippen molar-refractivity contribution in [3.63, 3.8) is 0 Å². The van der Waals surface area contributed by atoms with E-state index >= 15 is 0 Å². The van der Waals surface area contributed by atoms with Gasteiger partial charge in [-0.3, -0.25) is 14.4 Å². The van der Waals surface area contributed by atoms with Gasteiger partial charge in [-0.25, -0.2) is 0 Å². The molecule has 0 aromatic carbocycles. The SMILES string of the molecule is CC\C=C/C=C\C=C/C=C\C=C/CCCCCC(=O)OCC(COC(=O)CC/C=C\C/C=C\C/C=C\C/C=C\C/C=C\C/C=C\CC)OC(=O)CCCCC/C=C\C=C/CCCCCCCCC. The molecular weight excluding hydrogens is 841 g/mol. The van der Waals surface area contributed by atoms with Gasteiger partial charge in [0.05, 0.1) is 0 Å². The minimum atomic E-state index is -0.848. The quantitative estimate of drug-likeness (QED) is 0.0199. The van der Waals surface area contributed by atoms with E-state index in [9.17, 15) is 14.4 Å². The van der Waals surface area contributed by atoms with E-state index < -0.39 is 6.10 Å². The maximum atomic E-state index is 12.8. The maximum absolute atomic E-state index is 12.8. The molecule has 0 aromatic heterocycles. The van der Waals surface area contributed by atoms with Crippen LogP contribution in [0.15, 0.2) is 158 Å². The van der Waals surface area contributed by atoms with Crippen LogP contribution in [0.4, 0.5) is 0 Å². The lowest BCUT2D eigenvalue weighted by atomic mass is 10.1. The van der Waals surface area contributed by atoms with Crippen LogP contribution in [0, 0.1) is 0 Å². The van der Waals surface area contributed by atoms with Crippen LogP contribution in [-0.2, 0) is 28.6 Å². The lowest BCUT2D eigenvalue weighted by Gasteiger charge is -2.18. The van der Waals surface area contributed by atoms with Crippen molar-refractivity contribution in [2.45, 2.75) is 200 Å². The molecule has 0 aliphatic carbocycles. The van der Waals surface area contributed by atoms with Crippen LogP contribution < -0.4 is 0 Å². The molecule has 0 bridgehead atoms. The fraction of sp³-hybridized carbons (Fsp3) is 0.532. The molecule has 0 amide bonds. The number of unbranched alkanes of at least 4 members (excludes halogenated alkanes) is 13. The molecule has 0 spiro atoms. The number of hydrogen-bond donors (Lipinski definition) is 0. The molecule has 6 heteroatoms. The Morgan fingerprint density at radius 2 is 0.676 bits per heavy atom. The molecule has 0 aromatic rings. The highest BCUT2D eigenvalue weighted by Gasteiger charge is 2.19. The van der Waals surface area contributed by atoms with Crippen LogP contribution in [-0.4, -0.2) is 37.2 Å². The third-order valence-corrected chi connectivity index (χ3v) is 10.4. The third kappa shape index (κ3) is 52.0. The van der Waals surface area contributed by atoms with Gasteiger partial charge < -0.3 is 14.2 Å². The first-order chi connectivity index (χ1) is 33.5. The average molecular weight is 935 g/mol.